The molecule has 0 radical (unpaired) electrons. The van der Waals surface area contributed by atoms with Gasteiger partial charge in [-0.1, -0.05) is 6.07 Å². The maximum absolute atomic E-state index is 12.9. The Balaban J connectivity index is 2.20. The first-order chi connectivity index (χ1) is 15.3. The summed E-state index contributed by atoms with van der Waals surface area (Å²) in [5.41, 5.74) is 5.02. The summed E-state index contributed by atoms with van der Waals surface area (Å²) < 4.78 is 21.5. The number of thiocarbonyl (C=S) groups is 1. The van der Waals surface area contributed by atoms with E-state index in [9.17, 15) is 4.79 Å². The molecule has 0 aromatic heterocycles. The smallest absolute Gasteiger partial charge is 0.337 e. The highest BCUT2D eigenvalue weighted by atomic mass is 32.1. The monoisotopic (exact) mass is 456 g/mol. The van der Waals surface area contributed by atoms with Crippen LogP contribution in [0.25, 0.3) is 0 Å². The predicted octanol–water partition coefficient (Wildman–Crippen LogP) is 4.21. The zero-order valence-corrected chi connectivity index (χ0v) is 20.2. The van der Waals surface area contributed by atoms with Gasteiger partial charge in [0.15, 0.2) is 16.6 Å². The van der Waals surface area contributed by atoms with Gasteiger partial charge in [-0.25, -0.2) is 4.79 Å². The van der Waals surface area contributed by atoms with E-state index < -0.39 is 12.0 Å². The van der Waals surface area contributed by atoms with E-state index in [0.717, 1.165) is 16.8 Å². The van der Waals surface area contributed by atoms with E-state index in [1.165, 1.54) is 12.7 Å². The average Bonchev–Trinajstić information content (AvgIpc) is 2.79. The molecule has 2 aromatic carbocycles. The number of hydrogen-bond acceptors (Lipinski definition) is 6. The molecule has 1 atom stereocenters. The van der Waals surface area contributed by atoms with Crippen molar-refractivity contribution < 1.29 is 23.7 Å². The second-order valence-corrected chi connectivity index (χ2v) is 7.82. The molecule has 1 N–H and O–H groups in total. The Labute approximate surface area is 193 Å². The van der Waals surface area contributed by atoms with E-state index in [1.807, 2.05) is 36.9 Å². The molecule has 2 aromatic rings. The van der Waals surface area contributed by atoms with Gasteiger partial charge in [0.1, 0.15) is 0 Å². The fraction of sp³-hybridized carbons (Fsp3) is 0.333. The third kappa shape index (κ3) is 4.10. The number of nitrogens with zero attached hydrogens (tertiary/aromatic N) is 1. The highest BCUT2D eigenvalue weighted by Gasteiger charge is 2.36. The number of esters is 1. The first-order valence-corrected chi connectivity index (χ1v) is 10.4. The Hall–Kier alpha value is -3.26. The van der Waals surface area contributed by atoms with Gasteiger partial charge in [0.25, 0.3) is 0 Å². The minimum Gasteiger partial charge on any atom is -0.493 e. The lowest BCUT2D eigenvalue weighted by Gasteiger charge is -2.37. The molecule has 7 nitrogen and oxygen atoms in total. The van der Waals surface area contributed by atoms with Gasteiger partial charge in [-0.2, -0.15) is 0 Å². The summed E-state index contributed by atoms with van der Waals surface area (Å²) in [5.74, 6) is 0.973. The summed E-state index contributed by atoms with van der Waals surface area (Å²) in [4.78, 5) is 14.8. The number of benzene rings is 2. The first-order valence-electron chi connectivity index (χ1n) is 10.0. The van der Waals surface area contributed by atoms with Crippen molar-refractivity contribution in [1.29, 1.82) is 0 Å². The normalized spacial score (nSPS) is 15.9. The van der Waals surface area contributed by atoms with Crippen LogP contribution in [0.1, 0.15) is 29.7 Å². The third-order valence-corrected chi connectivity index (χ3v) is 5.96. The molecule has 3 rings (SSSR count). The van der Waals surface area contributed by atoms with E-state index in [2.05, 4.69) is 12.2 Å². The SMILES string of the molecule is COC(=O)C1=C(C)N(c2ccc(C)c(C)c2)C(=S)N[C@H]1c1cc(OC)c(OC)c(OC)c1. The Bertz CT molecular complexity index is 1070. The van der Waals surface area contributed by atoms with Crippen molar-refractivity contribution in [2.45, 2.75) is 26.8 Å². The fourth-order valence-corrected chi connectivity index (χ4v) is 4.17. The highest BCUT2D eigenvalue weighted by molar-refractivity contribution is 7.80. The highest BCUT2D eigenvalue weighted by Crippen LogP contribution is 2.42. The van der Waals surface area contributed by atoms with Crippen molar-refractivity contribution in [3.63, 3.8) is 0 Å². The number of hydrogen-bond donors (Lipinski definition) is 1. The van der Waals surface area contributed by atoms with Crippen LogP contribution in [0, 0.1) is 13.8 Å². The average molecular weight is 457 g/mol. The quantitative estimate of drug-likeness (QED) is 0.512. The van der Waals surface area contributed by atoms with Crippen LogP contribution in [0.5, 0.6) is 17.2 Å². The number of rotatable bonds is 6. The van der Waals surface area contributed by atoms with Gasteiger partial charge in [-0.3, -0.25) is 4.90 Å². The maximum Gasteiger partial charge on any atom is 0.337 e. The lowest BCUT2D eigenvalue weighted by atomic mass is 9.94. The van der Waals surface area contributed by atoms with Crippen molar-refractivity contribution in [3.8, 4) is 17.2 Å². The summed E-state index contributed by atoms with van der Waals surface area (Å²) in [5, 5.41) is 3.77. The number of methoxy groups -OCH3 is 4. The summed E-state index contributed by atoms with van der Waals surface area (Å²) >= 11 is 5.73. The van der Waals surface area contributed by atoms with Crippen LogP contribution >= 0.6 is 12.2 Å². The van der Waals surface area contributed by atoms with E-state index in [-0.39, 0.29) is 0 Å². The largest absolute Gasteiger partial charge is 0.493 e. The summed E-state index contributed by atoms with van der Waals surface area (Å²) in [6, 6.07) is 9.08. The molecule has 170 valence electrons. The number of nitrogens with one attached hydrogen (secondary N) is 1. The van der Waals surface area contributed by atoms with Crippen molar-refractivity contribution >= 4 is 29.0 Å². The van der Waals surface area contributed by atoms with Crippen LogP contribution in [0.2, 0.25) is 0 Å². The van der Waals surface area contributed by atoms with Crippen LogP contribution in [-0.4, -0.2) is 39.5 Å². The lowest BCUT2D eigenvalue weighted by molar-refractivity contribution is -0.136. The van der Waals surface area contributed by atoms with Crippen LogP contribution in [0.4, 0.5) is 5.69 Å². The molecule has 0 bridgehead atoms. The Morgan fingerprint density at radius 1 is 0.938 bits per heavy atom. The van der Waals surface area contributed by atoms with Crippen LogP contribution in [-0.2, 0) is 9.53 Å². The van der Waals surface area contributed by atoms with Gasteiger partial charge in [-0.05, 0) is 73.9 Å². The minimum atomic E-state index is -0.563. The van der Waals surface area contributed by atoms with E-state index in [4.69, 9.17) is 31.2 Å². The van der Waals surface area contributed by atoms with Crippen molar-refractivity contribution in [1.82, 2.24) is 5.32 Å². The Morgan fingerprint density at radius 3 is 2.06 bits per heavy atom. The van der Waals surface area contributed by atoms with E-state index in [1.54, 1.807) is 33.5 Å². The summed E-state index contributed by atoms with van der Waals surface area (Å²) in [6.45, 7) is 5.95. The standard InChI is InChI=1S/C24H28N2O5S/c1-13-8-9-17(10-14(13)2)26-15(3)20(23(27)31-7)21(25-24(26)32)16-11-18(28-4)22(30-6)19(12-16)29-5/h8-12,21H,1-7H3,(H,25,32)/t21-/m0/s1. The van der Waals surface area contributed by atoms with Gasteiger partial charge in [0, 0.05) is 11.4 Å². The number of aryl methyl sites for hydroxylation is 2. The number of carbonyl (C=O) groups is 1. The second kappa shape index (κ2) is 9.48. The molecule has 0 amide bonds. The van der Waals surface area contributed by atoms with Gasteiger partial charge in [-0.15, -0.1) is 0 Å². The van der Waals surface area contributed by atoms with Gasteiger partial charge in [0.05, 0.1) is 40.1 Å². The van der Waals surface area contributed by atoms with E-state index in [0.29, 0.717) is 33.6 Å². The van der Waals surface area contributed by atoms with Crippen molar-refractivity contribution in [2.75, 3.05) is 33.3 Å². The molecule has 0 saturated carbocycles. The topological polar surface area (TPSA) is 69.3 Å². The number of allylic oxidation sites excluding steroid dienone is 1. The lowest BCUT2D eigenvalue weighted by Crippen LogP contribution is -2.48. The second-order valence-electron chi connectivity index (χ2n) is 7.44. The zero-order valence-electron chi connectivity index (χ0n) is 19.4. The molecule has 1 aliphatic rings. The molecule has 0 fully saturated rings. The fourth-order valence-electron chi connectivity index (χ4n) is 3.81. The third-order valence-electron chi connectivity index (χ3n) is 5.66. The number of anilines is 1. The summed E-state index contributed by atoms with van der Waals surface area (Å²) in [6.07, 6.45) is 0. The molecular formula is C24H28N2O5S. The molecule has 0 unspecified atom stereocenters. The van der Waals surface area contributed by atoms with Gasteiger partial charge >= 0.3 is 5.97 Å². The van der Waals surface area contributed by atoms with Crippen LogP contribution in [0.3, 0.4) is 0 Å². The Kier molecular flexibility index (Phi) is 6.93. The molecule has 1 aliphatic heterocycles. The molecule has 0 saturated heterocycles. The van der Waals surface area contributed by atoms with Gasteiger partial charge < -0.3 is 24.3 Å². The predicted molar refractivity (Wildman–Crippen MR) is 128 cm³/mol. The van der Waals surface area contributed by atoms with Crippen molar-refractivity contribution in [2.24, 2.45) is 0 Å². The van der Waals surface area contributed by atoms with Crippen molar-refractivity contribution in [3.05, 3.63) is 58.3 Å². The number of ether oxygens (including phenoxy) is 4. The van der Waals surface area contributed by atoms with E-state index >= 15 is 0 Å². The van der Waals surface area contributed by atoms with Crippen LogP contribution < -0.4 is 24.4 Å². The molecule has 0 spiro atoms. The molecule has 0 aliphatic carbocycles. The maximum atomic E-state index is 12.9. The molecule has 32 heavy (non-hydrogen) atoms. The number of carbonyl (C=O) groups excluding carboxylic acids is 1. The zero-order chi connectivity index (χ0) is 23.6. The summed E-state index contributed by atoms with van der Waals surface area (Å²) in [7, 11) is 6.00. The van der Waals surface area contributed by atoms with Gasteiger partial charge in [0.2, 0.25) is 5.75 Å². The van der Waals surface area contributed by atoms with Crippen LogP contribution in [0.15, 0.2) is 41.6 Å². The molecular weight excluding hydrogens is 428 g/mol. The first kappa shape index (κ1) is 23.4. The molecule has 1 heterocycles. The minimum absolute atomic E-state index is 0.439. The molecule has 8 heteroatoms. The Morgan fingerprint density at radius 2 is 1.56 bits per heavy atom.